The normalized spacial score (nSPS) is 11.5. The van der Waals surface area contributed by atoms with E-state index in [-0.39, 0.29) is 70.9 Å². The molecule has 6 N–H and O–H groups in total. The van der Waals surface area contributed by atoms with Gasteiger partial charge in [-0.25, -0.2) is 4.79 Å². The molecule has 0 unspecified atom stereocenters. The van der Waals surface area contributed by atoms with Gasteiger partial charge >= 0.3 is 11.9 Å². The Labute approximate surface area is 387 Å². The lowest BCUT2D eigenvalue weighted by Crippen LogP contribution is -2.47. The van der Waals surface area contributed by atoms with E-state index in [2.05, 4.69) is 31.3 Å². The monoisotopic (exact) mass is 954 g/mol. The Morgan fingerprint density at radius 3 is 1.38 bits per heavy atom. The van der Waals surface area contributed by atoms with Gasteiger partial charge in [0.25, 0.3) is 0 Å². The largest absolute Gasteiger partial charge is 0.480 e. The van der Waals surface area contributed by atoms with Crippen molar-refractivity contribution in [2.75, 3.05) is 166 Å². The summed E-state index contributed by atoms with van der Waals surface area (Å²) in [6.07, 6.45) is 3.69. The first-order chi connectivity index (χ1) is 32.1. The van der Waals surface area contributed by atoms with Crippen molar-refractivity contribution in [3.8, 4) is 0 Å². The maximum atomic E-state index is 12.9. The van der Waals surface area contributed by atoms with Crippen LogP contribution in [-0.4, -0.2) is 219 Å². The molecular weight excluding hydrogens is 878 g/mol. The van der Waals surface area contributed by atoms with E-state index in [1.165, 1.54) is 7.11 Å². The lowest BCUT2D eigenvalue weighted by atomic mass is 10.1. The fraction of sp³-hybridized carbons (Fsp3) is 0.786. The number of amides is 5. The average Bonchev–Trinajstić information content (AvgIpc) is 3.30. The summed E-state index contributed by atoms with van der Waals surface area (Å²) in [6.45, 7) is 7.83. The Balaban J connectivity index is 3.98. The average molecular weight is 954 g/mol. The zero-order valence-electron chi connectivity index (χ0n) is 38.7. The van der Waals surface area contributed by atoms with Crippen LogP contribution in [0, 0.1) is 0 Å². The molecule has 0 aromatic carbocycles. The summed E-state index contributed by atoms with van der Waals surface area (Å²) in [5, 5.41) is 21.5. The first-order valence-electron chi connectivity index (χ1n) is 22.1. The summed E-state index contributed by atoms with van der Waals surface area (Å²) in [5.41, 5.74) is 0. The van der Waals surface area contributed by atoms with Crippen LogP contribution in [0.4, 0.5) is 0 Å². The summed E-state index contributed by atoms with van der Waals surface area (Å²) in [4.78, 5) is 83.0. The van der Waals surface area contributed by atoms with Gasteiger partial charge in [-0.3, -0.25) is 28.8 Å². The smallest absolute Gasteiger partial charge is 0.330 e. The number of hydrogen-bond donors (Lipinski definition) is 6. The number of esters is 1. The highest BCUT2D eigenvalue weighted by molar-refractivity contribution is 5.94. The second-order valence-electron chi connectivity index (χ2n) is 13.7. The molecule has 24 nitrogen and oxygen atoms in total. The molecule has 24 heteroatoms. The zero-order chi connectivity index (χ0) is 48.6. The van der Waals surface area contributed by atoms with Crippen molar-refractivity contribution < 1.29 is 90.8 Å². The first kappa shape index (κ1) is 61.6. The second-order valence-corrected chi connectivity index (χ2v) is 13.7. The molecule has 382 valence electrons. The van der Waals surface area contributed by atoms with Gasteiger partial charge < -0.3 is 83.8 Å². The number of hydrogen-bond acceptors (Lipinski definition) is 18. The zero-order valence-corrected chi connectivity index (χ0v) is 38.7. The number of methoxy groups -OCH3 is 2. The molecule has 0 heterocycles. The van der Waals surface area contributed by atoms with E-state index in [0.29, 0.717) is 125 Å². The molecule has 0 aromatic rings. The minimum atomic E-state index is -1.17. The maximum Gasteiger partial charge on any atom is 0.330 e. The maximum absolute atomic E-state index is 12.9. The lowest BCUT2D eigenvalue weighted by molar-refractivity contribution is -0.138. The summed E-state index contributed by atoms with van der Waals surface area (Å²) < 4.78 is 58.1. The van der Waals surface area contributed by atoms with E-state index in [4.69, 9.17) is 52.5 Å². The molecule has 1 atom stereocenters. The first-order valence-corrected chi connectivity index (χ1v) is 22.1. The van der Waals surface area contributed by atoms with E-state index >= 15 is 0 Å². The molecule has 0 saturated carbocycles. The Hall–Kier alpha value is -4.37. The number of aliphatic carboxylic acids is 1. The predicted molar refractivity (Wildman–Crippen MR) is 234 cm³/mol. The number of unbranched alkanes of at least 4 members (excludes halogenated alkanes) is 1. The molecule has 0 fully saturated rings. The molecule has 66 heavy (non-hydrogen) atoms. The van der Waals surface area contributed by atoms with Crippen LogP contribution >= 0.6 is 0 Å². The van der Waals surface area contributed by atoms with Gasteiger partial charge in [0.15, 0.2) is 0 Å². The Bertz CT molecular complexity index is 1310. The highest BCUT2D eigenvalue weighted by atomic mass is 16.6. The highest BCUT2D eigenvalue weighted by Gasteiger charge is 2.20. The molecule has 0 aliphatic rings. The number of ether oxygens (including phenoxy) is 11. The van der Waals surface area contributed by atoms with Crippen LogP contribution in [-0.2, 0) is 85.7 Å². The SMILES string of the molecule is COCCOCCOCCOCCOCCOCCOCCOCCOCCOCC(=O)NCCCC[C@H](NC(=O)CCCNC(=O)/C=C/C(=O)OC)C(=O)NCCCC(=O)NCC(=O)O. The minimum absolute atomic E-state index is 0.000719. The Morgan fingerprint density at radius 1 is 0.470 bits per heavy atom. The third-order valence-corrected chi connectivity index (χ3v) is 8.30. The summed E-state index contributed by atoms with van der Waals surface area (Å²) in [6, 6.07) is -0.908. The molecule has 0 aliphatic carbocycles. The van der Waals surface area contributed by atoms with Crippen molar-refractivity contribution in [3.05, 3.63) is 12.2 Å². The van der Waals surface area contributed by atoms with Gasteiger partial charge in [0, 0.05) is 51.7 Å². The van der Waals surface area contributed by atoms with E-state index in [1.54, 1.807) is 7.11 Å². The quantitative estimate of drug-likeness (QED) is 0.0225. The minimum Gasteiger partial charge on any atom is -0.480 e. The Kier molecular flexibility index (Phi) is 44.0. The van der Waals surface area contributed by atoms with E-state index in [0.717, 1.165) is 12.2 Å². The predicted octanol–water partition coefficient (Wildman–Crippen LogP) is -1.72. The fourth-order valence-electron chi connectivity index (χ4n) is 4.93. The van der Waals surface area contributed by atoms with E-state index in [9.17, 15) is 33.6 Å². The molecule has 0 aliphatic heterocycles. The number of carboxylic acid groups (broad SMARTS) is 1. The van der Waals surface area contributed by atoms with Crippen molar-refractivity contribution in [3.63, 3.8) is 0 Å². The van der Waals surface area contributed by atoms with Crippen molar-refractivity contribution >= 4 is 41.5 Å². The van der Waals surface area contributed by atoms with Crippen LogP contribution in [0.3, 0.4) is 0 Å². The number of carboxylic acids is 1. The van der Waals surface area contributed by atoms with Gasteiger partial charge in [0.1, 0.15) is 19.2 Å². The molecule has 0 saturated heterocycles. The van der Waals surface area contributed by atoms with Crippen molar-refractivity contribution in [1.29, 1.82) is 0 Å². The number of nitrogens with one attached hydrogen (secondary N) is 5. The fourth-order valence-corrected chi connectivity index (χ4v) is 4.93. The van der Waals surface area contributed by atoms with Gasteiger partial charge in [-0.1, -0.05) is 0 Å². The van der Waals surface area contributed by atoms with Crippen molar-refractivity contribution in [2.24, 2.45) is 0 Å². The third kappa shape index (κ3) is 44.8. The number of carbonyl (C=O) groups excluding carboxylic acids is 6. The number of rotatable bonds is 48. The summed E-state index contributed by atoms with van der Waals surface area (Å²) in [7, 11) is 2.81. The standard InChI is InChI=1S/C42H75N5O19/c1-56-15-16-58-17-18-59-19-20-60-21-22-61-23-24-62-25-26-63-27-28-64-29-30-65-31-32-66-34-39(51)44-12-4-3-7-35(42(55)45-14-5-8-36(48)46-33-40(52)53)47-38(50)9-6-13-43-37(49)10-11-41(54)57-2/h10-11,35H,3-9,12-34H2,1-2H3,(H,43,49)(H,44,51)(H,45,55)(H,46,48)(H,47,50)(H,52,53)/b11-10+/t35-/m0/s1. The Morgan fingerprint density at radius 2 is 0.909 bits per heavy atom. The molecule has 0 radical (unpaired) electrons. The van der Waals surface area contributed by atoms with E-state index < -0.39 is 48.2 Å². The summed E-state index contributed by atoms with van der Waals surface area (Å²) >= 11 is 0. The van der Waals surface area contributed by atoms with Gasteiger partial charge in [-0.05, 0) is 32.1 Å². The summed E-state index contributed by atoms with van der Waals surface area (Å²) in [5.74, 6) is -4.10. The molecule has 0 bridgehead atoms. The molecular formula is C42H75N5O19. The third-order valence-electron chi connectivity index (χ3n) is 8.30. The molecule has 0 spiro atoms. The molecule has 0 rings (SSSR count). The molecule has 0 aromatic heterocycles. The van der Waals surface area contributed by atoms with Crippen molar-refractivity contribution in [1.82, 2.24) is 26.6 Å². The van der Waals surface area contributed by atoms with Crippen LogP contribution < -0.4 is 26.6 Å². The second kappa shape index (κ2) is 47.1. The van der Waals surface area contributed by atoms with Gasteiger partial charge in [-0.15, -0.1) is 0 Å². The number of carbonyl (C=O) groups is 7. The van der Waals surface area contributed by atoms with Crippen LogP contribution in [0.15, 0.2) is 12.2 Å². The van der Waals surface area contributed by atoms with Crippen molar-refractivity contribution in [2.45, 2.75) is 51.0 Å². The molecule has 5 amide bonds. The van der Waals surface area contributed by atoms with Crippen LogP contribution in [0.1, 0.15) is 44.9 Å². The van der Waals surface area contributed by atoms with Crippen LogP contribution in [0.5, 0.6) is 0 Å². The van der Waals surface area contributed by atoms with E-state index in [1.807, 2.05) is 0 Å². The van der Waals surface area contributed by atoms with Gasteiger partial charge in [0.05, 0.1) is 126 Å². The van der Waals surface area contributed by atoms with Crippen LogP contribution in [0.2, 0.25) is 0 Å². The van der Waals surface area contributed by atoms with Crippen LogP contribution in [0.25, 0.3) is 0 Å². The van der Waals surface area contributed by atoms with Gasteiger partial charge in [0.2, 0.25) is 29.5 Å². The lowest BCUT2D eigenvalue weighted by Gasteiger charge is -2.19. The topological polar surface area (TPSA) is 301 Å². The van der Waals surface area contributed by atoms with Gasteiger partial charge in [-0.2, -0.15) is 0 Å². The highest BCUT2D eigenvalue weighted by Crippen LogP contribution is 2.03.